The molecule has 19 heteroatoms. The SMILES string of the molecule is CC(=O)OCC1(C)C2C[C@H](O)[C@@]3(C)Oc4cc(-c5cccnc5)oc(=O)c4[C@H](O)C3[C@@]2(C)CC[C@@H]1C.CC(=O)OCC1(C)C2C[C@H](OC(=O)c3ccc(Br)cc3F)[C@@]3(C)Oc4cc(-c5cccnc5)oc(=O)c4[C@H](O)C3[C@@]2(C)CC[C@@H]1C. The molecule has 4 saturated carbocycles. The van der Waals surface area contributed by atoms with Crippen molar-refractivity contribution in [3.63, 3.8) is 0 Å². The van der Waals surface area contributed by atoms with Crippen molar-refractivity contribution in [1.82, 2.24) is 9.97 Å². The van der Waals surface area contributed by atoms with E-state index in [-0.39, 0.29) is 89.0 Å². The highest BCUT2D eigenvalue weighted by molar-refractivity contribution is 9.10. The lowest BCUT2D eigenvalue weighted by atomic mass is 9.41. The van der Waals surface area contributed by atoms with Crippen LogP contribution in [-0.4, -0.2) is 79.8 Å². The number of aliphatic hydroxyl groups excluding tert-OH is 3. The quantitative estimate of drug-likeness (QED) is 0.0966. The standard InChI is InChI=1S/C35H37BrFNO8.C28H35NO7/c1-18-10-11-33(3)26(34(18,4)17-43-19(2)39)15-27(45-31(41)22-9-8-21(36)13-23(22)37)35(5)30(33)29(40)28-25(46-35)14-24(44-32(28)42)20-7-6-12-38-16-20;1-15-8-9-26(3)20(27(15,4)14-34-16(2)30)12-21(31)28(5)24(26)23(32)22-19(36-28)11-18(35-25(22)33)17-7-6-10-29-13-17/h6-9,12-14,16,18,26-27,29-30,40H,10-11,15,17H2,1-5H3;6-7,10-11,13,15,20-21,23-24,31-32H,8-9,12,14H2,1-5H3/t18-,26?,27-,29-,30?,33-,34?,35+;15-,20?,21-,23-,24?,26-,27?,28+/m00/s1. The predicted molar refractivity (Wildman–Crippen MR) is 299 cm³/mol. The molecule has 16 atom stereocenters. The molecule has 0 saturated heterocycles. The lowest BCUT2D eigenvalue weighted by molar-refractivity contribution is -0.257. The molecule has 4 fully saturated rings. The molecule has 6 aliphatic rings. The molecule has 5 aromatic rings. The van der Waals surface area contributed by atoms with Crippen molar-refractivity contribution in [2.45, 2.75) is 143 Å². The van der Waals surface area contributed by atoms with Gasteiger partial charge >= 0.3 is 29.2 Å². The summed E-state index contributed by atoms with van der Waals surface area (Å²) in [5.74, 6) is -2.83. The minimum atomic E-state index is -1.35. The Morgan fingerprint density at radius 1 is 0.683 bits per heavy atom. The van der Waals surface area contributed by atoms with Crippen LogP contribution in [0.5, 0.6) is 11.5 Å². The average molecular weight is 1200 g/mol. The van der Waals surface area contributed by atoms with Crippen molar-refractivity contribution < 1.29 is 66.6 Å². The zero-order valence-corrected chi connectivity index (χ0v) is 49.4. The number of benzene rings is 1. The van der Waals surface area contributed by atoms with Gasteiger partial charge in [0.1, 0.15) is 57.3 Å². The minimum Gasteiger partial charge on any atom is -0.484 e. The monoisotopic (exact) mass is 1190 g/mol. The van der Waals surface area contributed by atoms with Gasteiger partial charge in [-0.15, -0.1) is 0 Å². The van der Waals surface area contributed by atoms with E-state index in [4.69, 9.17) is 32.5 Å². The van der Waals surface area contributed by atoms with E-state index < -0.39 is 98.1 Å². The summed E-state index contributed by atoms with van der Waals surface area (Å²) in [5, 5.41) is 35.6. The zero-order chi connectivity index (χ0) is 59.2. The fraction of sp³-hybridized carbons (Fsp3) is 0.540. The van der Waals surface area contributed by atoms with Gasteiger partial charge in [-0.1, -0.05) is 57.5 Å². The highest BCUT2D eigenvalue weighted by Crippen LogP contribution is 2.70. The van der Waals surface area contributed by atoms with Crippen LogP contribution < -0.4 is 20.7 Å². The van der Waals surface area contributed by atoms with Gasteiger partial charge in [-0.25, -0.2) is 18.8 Å². The fourth-order valence-electron chi connectivity index (χ4n) is 16.1. The Kier molecular flexibility index (Phi) is 15.4. The van der Waals surface area contributed by atoms with Crippen LogP contribution in [0.15, 0.2) is 102 Å². The molecule has 2 aliphatic heterocycles. The highest BCUT2D eigenvalue weighted by atomic mass is 79.9. The minimum absolute atomic E-state index is 0.0127. The van der Waals surface area contributed by atoms with Crippen molar-refractivity contribution in [1.29, 1.82) is 0 Å². The molecule has 0 spiro atoms. The van der Waals surface area contributed by atoms with E-state index in [2.05, 4.69) is 67.4 Å². The Balaban J connectivity index is 0.000000189. The van der Waals surface area contributed by atoms with Crippen LogP contribution in [0.3, 0.4) is 0 Å². The topological polar surface area (TPSA) is 244 Å². The Bertz CT molecular complexity index is 3420. The average Bonchev–Trinajstić information content (AvgIpc) is 2.28. The summed E-state index contributed by atoms with van der Waals surface area (Å²) in [6.07, 6.45) is 5.74. The van der Waals surface area contributed by atoms with Gasteiger partial charge in [0.15, 0.2) is 0 Å². The van der Waals surface area contributed by atoms with E-state index in [1.807, 2.05) is 6.92 Å². The van der Waals surface area contributed by atoms with Gasteiger partial charge in [0.25, 0.3) is 0 Å². The molecule has 4 aromatic heterocycles. The molecule has 6 unspecified atom stereocenters. The van der Waals surface area contributed by atoms with Crippen LogP contribution in [0.1, 0.15) is 141 Å². The number of carbonyl (C=O) groups excluding carboxylic acids is 3. The number of nitrogens with zero attached hydrogens (tertiary/aromatic N) is 2. The lowest BCUT2D eigenvalue weighted by Crippen LogP contribution is -2.70. The number of aliphatic hydroxyl groups is 3. The molecule has 438 valence electrons. The first-order valence-electron chi connectivity index (χ1n) is 28.1. The lowest BCUT2D eigenvalue weighted by Gasteiger charge is -2.66. The molecule has 0 radical (unpaired) electrons. The number of halogens is 2. The smallest absolute Gasteiger partial charge is 0.345 e. The van der Waals surface area contributed by atoms with Gasteiger partial charge < -0.3 is 47.8 Å². The third kappa shape index (κ3) is 9.68. The van der Waals surface area contributed by atoms with E-state index in [9.17, 15) is 43.7 Å². The van der Waals surface area contributed by atoms with Crippen LogP contribution in [0.2, 0.25) is 0 Å². The number of fused-ring (bicyclic) bond motifs is 8. The first-order valence-corrected chi connectivity index (χ1v) is 28.9. The number of ether oxygens (including phenoxy) is 5. The molecule has 0 bridgehead atoms. The number of rotatable bonds is 8. The molecular weight excluding hydrogens is 1120 g/mol. The molecular formula is C63H72BrFN2O15. The molecule has 82 heavy (non-hydrogen) atoms. The third-order valence-electron chi connectivity index (χ3n) is 20.8. The van der Waals surface area contributed by atoms with E-state index in [1.54, 1.807) is 74.2 Å². The number of hydrogen-bond donors (Lipinski definition) is 3. The second-order valence-electron chi connectivity index (χ2n) is 25.3. The van der Waals surface area contributed by atoms with Crippen molar-refractivity contribution in [3.05, 3.63) is 127 Å². The van der Waals surface area contributed by atoms with Crippen molar-refractivity contribution >= 4 is 33.8 Å². The summed E-state index contributed by atoms with van der Waals surface area (Å²) in [4.78, 5) is 72.3. The number of aromatic nitrogens is 2. The second kappa shape index (κ2) is 21.4. The Morgan fingerprint density at radius 3 is 1.60 bits per heavy atom. The van der Waals surface area contributed by atoms with E-state index in [0.717, 1.165) is 19.3 Å². The number of carbonyl (C=O) groups is 3. The van der Waals surface area contributed by atoms with Crippen LogP contribution in [0.25, 0.3) is 22.6 Å². The van der Waals surface area contributed by atoms with Crippen LogP contribution in [0.4, 0.5) is 4.39 Å². The summed E-state index contributed by atoms with van der Waals surface area (Å²) in [7, 11) is 0. The maximum absolute atomic E-state index is 15.0. The summed E-state index contributed by atoms with van der Waals surface area (Å²) < 4.78 is 57.3. The van der Waals surface area contributed by atoms with Gasteiger partial charge in [0.05, 0.1) is 37.1 Å². The Morgan fingerprint density at radius 2 is 1.15 bits per heavy atom. The molecule has 11 rings (SSSR count). The molecule has 0 amide bonds. The Labute approximate surface area is 483 Å². The molecule has 1 aromatic carbocycles. The summed E-state index contributed by atoms with van der Waals surface area (Å²) >= 11 is 3.22. The second-order valence-corrected chi connectivity index (χ2v) is 26.2. The van der Waals surface area contributed by atoms with Crippen LogP contribution in [0, 0.1) is 63.0 Å². The zero-order valence-electron chi connectivity index (χ0n) is 47.8. The number of hydrogen-bond acceptors (Lipinski definition) is 17. The largest absolute Gasteiger partial charge is 0.484 e. The maximum atomic E-state index is 15.0. The normalized spacial score (nSPS) is 35.8. The molecule has 6 heterocycles. The van der Waals surface area contributed by atoms with Gasteiger partial charge in [0.2, 0.25) is 0 Å². The maximum Gasteiger partial charge on any atom is 0.345 e. The summed E-state index contributed by atoms with van der Waals surface area (Å²) in [6, 6.07) is 14.2. The number of esters is 3. The first-order chi connectivity index (χ1) is 38.6. The van der Waals surface area contributed by atoms with E-state index in [1.165, 1.54) is 26.0 Å². The van der Waals surface area contributed by atoms with Crippen molar-refractivity contribution in [2.75, 3.05) is 13.2 Å². The summed E-state index contributed by atoms with van der Waals surface area (Å²) in [6.45, 7) is 19.3. The fourth-order valence-corrected chi connectivity index (χ4v) is 16.4. The highest BCUT2D eigenvalue weighted by Gasteiger charge is 2.71. The number of pyridine rings is 2. The van der Waals surface area contributed by atoms with Crippen molar-refractivity contribution in [3.8, 4) is 34.1 Å². The van der Waals surface area contributed by atoms with Gasteiger partial charge in [-0.3, -0.25) is 19.6 Å². The first kappa shape index (κ1) is 58.9. The van der Waals surface area contributed by atoms with Crippen LogP contribution in [-0.2, 0) is 23.8 Å². The van der Waals surface area contributed by atoms with Gasteiger partial charge in [-0.2, -0.15) is 0 Å². The van der Waals surface area contributed by atoms with Crippen molar-refractivity contribution in [2.24, 2.45) is 57.2 Å². The third-order valence-corrected chi connectivity index (χ3v) is 21.3. The molecule has 4 aliphatic carbocycles. The molecule has 3 N–H and O–H groups in total. The summed E-state index contributed by atoms with van der Waals surface area (Å²) in [5.41, 5.74) is -5.02. The predicted octanol–water partition coefficient (Wildman–Crippen LogP) is 10.5. The van der Waals surface area contributed by atoms with Gasteiger partial charge in [0, 0.05) is 89.0 Å². The van der Waals surface area contributed by atoms with E-state index in [0.29, 0.717) is 28.4 Å². The van der Waals surface area contributed by atoms with Crippen LogP contribution >= 0.6 is 15.9 Å². The van der Waals surface area contributed by atoms with E-state index >= 15 is 0 Å². The Hall–Kier alpha value is -6.28. The van der Waals surface area contributed by atoms with Gasteiger partial charge in [-0.05, 0) is 129 Å². The molecule has 17 nitrogen and oxygen atoms in total.